The van der Waals surface area contributed by atoms with Crippen molar-refractivity contribution in [3.8, 4) is 0 Å². The van der Waals surface area contributed by atoms with Gasteiger partial charge < -0.3 is 15.1 Å². The first-order valence-electron chi connectivity index (χ1n) is 7.02. The lowest BCUT2D eigenvalue weighted by atomic mass is 10.4. The largest absolute Gasteiger partial charge is 0.459 e. The van der Waals surface area contributed by atoms with Crippen molar-refractivity contribution in [2.45, 2.75) is 11.3 Å². The van der Waals surface area contributed by atoms with Gasteiger partial charge in [0.05, 0.1) is 6.26 Å². The van der Waals surface area contributed by atoms with Gasteiger partial charge in [-0.2, -0.15) is 0 Å². The molecule has 0 radical (unpaired) electrons. The van der Waals surface area contributed by atoms with Crippen molar-refractivity contribution in [3.05, 3.63) is 54.5 Å². The highest BCUT2D eigenvalue weighted by molar-refractivity contribution is 7.99. The normalized spacial score (nSPS) is 10.2. The molecule has 2 N–H and O–H groups in total. The second-order valence-electron chi connectivity index (χ2n) is 4.49. The molecule has 0 fully saturated rings. The fourth-order valence-corrected chi connectivity index (χ4v) is 2.61. The molecule has 22 heavy (non-hydrogen) atoms. The number of carbonyl (C=O) groups excluding carboxylic acids is 2. The van der Waals surface area contributed by atoms with Crippen molar-refractivity contribution in [1.29, 1.82) is 0 Å². The minimum Gasteiger partial charge on any atom is -0.459 e. The van der Waals surface area contributed by atoms with Crippen molar-refractivity contribution < 1.29 is 14.0 Å². The number of hydrogen-bond donors (Lipinski definition) is 2. The predicted molar refractivity (Wildman–Crippen MR) is 85.8 cm³/mol. The lowest BCUT2D eigenvalue weighted by Gasteiger charge is -2.06. The maximum atomic E-state index is 11.7. The molecule has 0 saturated carbocycles. The first-order chi connectivity index (χ1) is 10.8. The molecule has 5 nitrogen and oxygen atoms in total. The Morgan fingerprint density at radius 2 is 1.77 bits per heavy atom. The fraction of sp³-hybridized carbons (Fsp3) is 0.250. The summed E-state index contributed by atoms with van der Waals surface area (Å²) < 4.78 is 4.97. The van der Waals surface area contributed by atoms with Gasteiger partial charge >= 0.3 is 0 Å². The van der Waals surface area contributed by atoms with Crippen LogP contribution >= 0.6 is 11.8 Å². The highest BCUT2D eigenvalue weighted by atomic mass is 32.2. The lowest BCUT2D eigenvalue weighted by molar-refractivity contribution is -0.120. The van der Waals surface area contributed by atoms with Crippen LogP contribution in [0.2, 0.25) is 0 Å². The molecule has 0 spiro atoms. The van der Waals surface area contributed by atoms with Gasteiger partial charge in [-0.25, -0.2) is 0 Å². The van der Waals surface area contributed by atoms with E-state index in [1.54, 1.807) is 23.9 Å². The number of rotatable bonds is 8. The highest BCUT2D eigenvalue weighted by Crippen LogP contribution is 2.17. The average molecular weight is 318 g/mol. The molecule has 1 heterocycles. The van der Waals surface area contributed by atoms with Crippen LogP contribution in [-0.4, -0.2) is 30.7 Å². The average Bonchev–Trinajstić information content (AvgIpc) is 3.07. The van der Waals surface area contributed by atoms with E-state index in [1.807, 2.05) is 30.3 Å². The van der Waals surface area contributed by atoms with Crippen LogP contribution in [0, 0.1) is 0 Å². The van der Waals surface area contributed by atoms with Crippen LogP contribution in [0.15, 0.2) is 58.0 Å². The van der Waals surface area contributed by atoms with Gasteiger partial charge in [0.15, 0.2) is 5.76 Å². The summed E-state index contributed by atoms with van der Waals surface area (Å²) in [4.78, 5) is 24.4. The molecule has 0 bridgehead atoms. The van der Waals surface area contributed by atoms with E-state index in [1.165, 1.54) is 6.26 Å². The number of hydrogen-bond acceptors (Lipinski definition) is 4. The van der Waals surface area contributed by atoms with E-state index in [9.17, 15) is 9.59 Å². The molecule has 1 aromatic heterocycles. The van der Waals surface area contributed by atoms with E-state index in [0.29, 0.717) is 19.5 Å². The molecule has 1 aromatic carbocycles. The van der Waals surface area contributed by atoms with Gasteiger partial charge in [-0.05, 0) is 24.3 Å². The Labute approximate surface area is 133 Å². The van der Waals surface area contributed by atoms with Gasteiger partial charge in [0.1, 0.15) is 0 Å². The monoisotopic (exact) mass is 318 g/mol. The number of amides is 2. The SMILES string of the molecule is O=C(CCSc1ccccc1)NCCNC(=O)c1ccco1. The van der Waals surface area contributed by atoms with Crippen LogP contribution in [0.4, 0.5) is 0 Å². The Morgan fingerprint density at radius 1 is 1.00 bits per heavy atom. The Hall–Kier alpha value is -2.21. The van der Waals surface area contributed by atoms with Gasteiger partial charge in [-0.1, -0.05) is 18.2 Å². The minimum absolute atomic E-state index is 0.0179. The van der Waals surface area contributed by atoms with Crippen molar-refractivity contribution in [3.63, 3.8) is 0 Å². The molecule has 0 aliphatic carbocycles. The lowest BCUT2D eigenvalue weighted by Crippen LogP contribution is -2.34. The van der Waals surface area contributed by atoms with Crippen LogP contribution < -0.4 is 10.6 Å². The van der Waals surface area contributed by atoms with Gasteiger partial charge in [-0.15, -0.1) is 11.8 Å². The zero-order chi connectivity index (χ0) is 15.6. The Bertz CT molecular complexity index is 585. The molecule has 0 atom stereocenters. The molecule has 0 saturated heterocycles. The van der Waals surface area contributed by atoms with Crippen LogP contribution in [0.1, 0.15) is 17.0 Å². The molecule has 2 rings (SSSR count). The summed E-state index contributed by atoms with van der Waals surface area (Å²) in [7, 11) is 0. The standard InChI is InChI=1S/C16H18N2O3S/c19-15(8-12-22-13-5-2-1-3-6-13)17-9-10-18-16(20)14-7-4-11-21-14/h1-7,11H,8-10,12H2,(H,17,19)(H,18,20). The van der Waals surface area contributed by atoms with Crippen LogP contribution in [-0.2, 0) is 4.79 Å². The molecule has 2 amide bonds. The minimum atomic E-state index is -0.279. The van der Waals surface area contributed by atoms with E-state index in [2.05, 4.69) is 10.6 Å². The van der Waals surface area contributed by atoms with E-state index in [0.717, 1.165) is 10.6 Å². The van der Waals surface area contributed by atoms with Crippen LogP contribution in [0.5, 0.6) is 0 Å². The molecule has 0 aliphatic rings. The molecular weight excluding hydrogens is 300 g/mol. The second-order valence-corrected chi connectivity index (χ2v) is 5.66. The number of furan rings is 1. The molecule has 2 aromatic rings. The number of nitrogens with one attached hydrogen (secondary N) is 2. The maximum Gasteiger partial charge on any atom is 0.287 e. The third kappa shape index (κ3) is 5.65. The van der Waals surface area contributed by atoms with Crippen molar-refractivity contribution in [1.82, 2.24) is 10.6 Å². The first-order valence-corrected chi connectivity index (χ1v) is 8.00. The van der Waals surface area contributed by atoms with Gasteiger partial charge in [-0.3, -0.25) is 9.59 Å². The topological polar surface area (TPSA) is 71.3 Å². The van der Waals surface area contributed by atoms with Crippen molar-refractivity contribution in [2.75, 3.05) is 18.8 Å². The quantitative estimate of drug-likeness (QED) is 0.579. The fourth-order valence-electron chi connectivity index (χ4n) is 1.74. The van der Waals surface area contributed by atoms with Gasteiger partial charge in [0.2, 0.25) is 5.91 Å². The van der Waals surface area contributed by atoms with E-state index >= 15 is 0 Å². The van der Waals surface area contributed by atoms with E-state index in [4.69, 9.17) is 4.42 Å². The highest BCUT2D eigenvalue weighted by Gasteiger charge is 2.07. The summed E-state index contributed by atoms with van der Waals surface area (Å²) in [6, 6.07) is 13.2. The van der Waals surface area contributed by atoms with Crippen LogP contribution in [0.25, 0.3) is 0 Å². The first kappa shape index (κ1) is 16.2. The van der Waals surface area contributed by atoms with Crippen molar-refractivity contribution in [2.24, 2.45) is 0 Å². The van der Waals surface area contributed by atoms with Gasteiger partial charge in [0, 0.05) is 30.2 Å². The predicted octanol–water partition coefficient (Wildman–Crippen LogP) is 2.31. The third-order valence-electron chi connectivity index (χ3n) is 2.82. The summed E-state index contributed by atoms with van der Waals surface area (Å²) in [6.45, 7) is 0.776. The van der Waals surface area contributed by atoms with Gasteiger partial charge in [0.25, 0.3) is 5.91 Å². The van der Waals surface area contributed by atoms with E-state index < -0.39 is 0 Å². The maximum absolute atomic E-state index is 11.7. The zero-order valence-electron chi connectivity index (χ0n) is 12.1. The molecule has 116 valence electrons. The Balaban J connectivity index is 1.53. The number of carbonyl (C=O) groups is 2. The third-order valence-corrected chi connectivity index (χ3v) is 3.83. The summed E-state index contributed by atoms with van der Waals surface area (Å²) >= 11 is 1.65. The smallest absolute Gasteiger partial charge is 0.287 e. The molecule has 6 heteroatoms. The summed E-state index contributed by atoms with van der Waals surface area (Å²) in [6.07, 6.45) is 1.90. The van der Waals surface area contributed by atoms with Crippen LogP contribution in [0.3, 0.4) is 0 Å². The molecule has 0 unspecified atom stereocenters. The zero-order valence-corrected chi connectivity index (χ0v) is 12.9. The molecule has 0 aliphatic heterocycles. The Kier molecular flexibility index (Phi) is 6.57. The number of benzene rings is 1. The van der Waals surface area contributed by atoms with Crippen molar-refractivity contribution >= 4 is 23.6 Å². The Morgan fingerprint density at radius 3 is 2.50 bits per heavy atom. The summed E-state index contributed by atoms with van der Waals surface area (Å²) in [5, 5.41) is 5.44. The van der Waals surface area contributed by atoms with E-state index in [-0.39, 0.29) is 17.6 Å². The summed E-state index contributed by atoms with van der Waals surface area (Å²) in [5.74, 6) is 0.703. The molecular formula is C16H18N2O3S. The summed E-state index contributed by atoms with van der Waals surface area (Å²) in [5.41, 5.74) is 0. The second kappa shape index (κ2) is 8.94. The number of thioether (sulfide) groups is 1.